The molecule has 4 nitrogen and oxygen atoms in total. The molecule has 1 heterocycles. The summed E-state index contributed by atoms with van der Waals surface area (Å²) in [7, 11) is 2.01. The summed E-state index contributed by atoms with van der Waals surface area (Å²) >= 11 is 3.37. The third-order valence-electron chi connectivity index (χ3n) is 3.54. The summed E-state index contributed by atoms with van der Waals surface area (Å²) < 4.78 is 0.870. The van der Waals surface area contributed by atoms with Crippen LogP contribution in [0.25, 0.3) is 0 Å². The second-order valence-electron chi connectivity index (χ2n) is 5.05. The number of hydrogen-bond donors (Lipinski definition) is 2. The number of piperidine rings is 1. The van der Waals surface area contributed by atoms with Gasteiger partial charge < -0.3 is 16.0 Å². The lowest BCUT2D eigenvalue weighted by atomic mass is 10.0. The van der Waals surface area contributed by atoms with Crippen molar-refractivity contribution in [3.05, 3.63) is 28.2 Å². The first-order valence-electron chi connectivity index (χ1n) is 6.62. The van der Waals surface area contributed by atoms with Crippen molar-refractivity contribution in [1.29, 1.82) is 0 Å². The molecule has 104 valence electrons. The Morgan fingerprint density at radius 2 is 2.32 bits per heavy atom. The van der Waals surface area contributed by atoms with Gasteiger partial charge in [-0.1, -0.05) is 22.4 Å². The highest BCUT2D eigenvalue weighted by molar-refractivity contribution is 9.10. The number of carbonyl (C=O) groups is 1. The summed E-state index contributed by atoms with van der Waals surface area (Å²) in [4.78, 5) is 13.6. The minimum atomic E-state index is -0.389. The third-order valence-corrected chi connectivity index (χ3v) is 4.04. The number of amides is 1. The molecule has 0 saturated carbocycles. The molecule has 0 aromatic heterocycles. The number of nitrogens with one attached hydrogen (secondary N) is 1. The molecule has 0 bridgehead atoms. The van der Waals surface area contributed by atoms with E-state index < -0.39 is 0 Å². The van der Waals surface area contributed by atoms with Crippen LogP contribution >= 0.6 is 15.9 Å². The molecule has 1 atom stereocenters. The van der Waals surface area contributed by atoms with Crippen LogP contribution in [-0.2, 0) is 0 Å². The zero-order chi connectivity index (χ0) is 13.8. The lowest BCUT2D eigenvalue weighted by Crippen LogP contribution is -2.42. The Labute approximate surface area is 122 Å². The van der Waals surface area contributed by atoms with Gasteiger partial charge in [-0.05, 0) is 37.6 Å². The van der Waals surface area contributed by atoms with Crippen LogP contribution in [0.15, 0.2) is 22.7 Å². The fourth-order valence-electron chi connectivity index (χ4n) is 2.55. The van der Waals surface area contributed by atoms with Gasteiger partial charge in [0.1, 0.15) is 0 Å². The molecule has 1 unspecified atom stereocenters. The van der Waals surface area contributed by atoms with Gasteiger partial charge in [-0.25, -0.2) is 0 Å². The molecule has 1 aliphatic rings. The van der Waals surface area contributed by atoms with E-state index in [1.807, 2.05) is 19.2 Å². The number of primary amides is 1. The van der Waals surface area contributed by atoms with E-state index in [4.69, 9.17) is 5.73 Å². The van der Waals surface area contributed by atoms with Crippen LogP contribution in [0.3, 0.4) is 0 Å². The minimum absolute atomic E-state index is 0.389. The Morgan fingerprint density at radius 1 is 1.53 bits per heavy atom. The van der Waals surface area contributed by atoms with E-state index in [1.165, 1.54) is 19.3 Å². The molecular formula is C14H20BrN3O. The zero-order valence-corrected chi connectivity index (χ0v) is 12.7. The van der Waals surface area contributed by atoms with Gasteiger partial charge in [0.05, 0.1) is 5.56 Å². The van der Waals surface area contributed by atoms with Crippen molar-refractivity contribution in [2.75, 3.05) is 25.0 Å². The Kier molecular flexibility index (Phi) is 4.82. The van der Waals surface area contributed by atoms with Crippen molar-refractivity contribution >= 4 is 27.5 Å². The Hall–Kier alpha value is -1.07. The number of rotatable bonds is 4. The number of nitrogens with zero attached hydrogens (tertiary/aromatic N) is 1. The summed E-state index contributed by atoms with van der Waals surface area (Å²) in [5.74, 6) is -0.389. The van der Waals surface area contributed by atoms with Crippen LogP contribution in [0.4, 0.5) is 5.69 Å². The zero-order valence-electron chi connectivity index (χ0n) is 11.2. The van der Waals surface area contributed by atoms with Gasteiger partial charge in [0, 0.05) is 29.8 Å². The molecule has 1 saturated heterocycles. The molecule has 1 amide bonds. The molecule has 19 heavy (non-hydrogen) atoms. The van der Waals surface area contributed by atoms with Gasteiger partial charge in [-0.15, -0.1) is 0 Å². The van der Waals surface area contributed by atoms with E-state index in [2.05, 4.69) is 26.1 Å². The van der Waals surface area contributed by atoms with Crippen LogP contribution < -0.4 is 16.0 Å². The van der Waals surface area contributed by atoms with Crippen LogP contribution in [0.2, 0.25) is 0 Å². The van der Waals surface area contributed by atoms with Crippen molar-refractivity contribution in [2.45, 2.75) is 25.3 Å². The first-order chi connectivity index (χ1) is 9.08. The quantitative estimate of drug-likeness (QED) is 0.891. The van der Waals surface area contributed by atoms with Crippen LogP contribution in [-0.4, -0.2) is 32.1 Å². The second-order valence-corrected chi connectivity index (χ2v) is 5.97. The highest BCUT2D eigenvalue weighted by Crippen LogP contribution is 2.24. The Balaban J connectivity index is 2.13. The Morgan fingerprint density at radius 3 is 2.95 bits per heavy atom. The lowest BCUT2D eigenvalue weighted by Gasteiger charge is -2.30. The van der Waals surface area contributed by atoms with Crippen LogP contribution in [0.1, 0.15) is 29.6 Å². The van der Waals surface area contributed by atoms with Gasteiger partial charge in [0.15, 0.2) is 0 Å². The monoisotopic (exact) mass is 325 g/mol. The fourth-order valence-corrected chi connectivity index (χ4v) is 2.91. The Bertz CT molecular complexity index is 458. The maximum atomic E-state index is 11.5. The van der Waals surface area contributed by atoms with Gasteiger partial charge in [0.2, 0.25) is 0 Å². The molecule has 1 fully saturated rings. The third kappa shape index (κ3) is 3.70. The lowest BCUT2D eigenvalue weighted by molar-refractivity contribution is 0.100. The molecule has 1 aromatic rings. The second kappa shape index (κ2) is 6.39. The molecular weight excluding hydrogens is 306 g/mol. The number of hydrogen-bond acceptors (Lipinski definition) is 3. The molecule has 0 aliphatic carbocycles. The van der Waals surface area contributed by atoms with Crippen molar-refractivity contribution in [3.8, 4) is 0 Å². The molecule has 0 spiro atoms. The summed E-state index contributed by atoms with van der Waals surface area (Å²) in [6.45, 7) is 1.98. The fraction of sp³-hybridized carbons (Fsp3) is 0.500. The standard InChI is InChI=1S/C14H20BrN3O/c1-18(9-11-4-2-3-7-17-11)13-6-5-10(15)8-12(13)14(16)19/h5-6,8,11,17H,2-4,7,9H2,1H3,(H2,16,19). The molecule has 3 N–H and O–H groups in total. The highest BCUT2D eigenvalue weighted by atomic mass is 79.9. The maximum absolute atomic E-state index is 11.5. The van der Waals surface area contributed by atoms with Gasteiger partial charge in [-0.3, -0.25) is 4.79 Å². The van der Waals surface area contributed by atoms with Gasteiger partial charge >= 0.3 is 0 Å². The largest absolute Gasteiger partial charge is 0.372 e. The number of anilines is 1. The summed E-state index contributed by atoms with van der Waals surface area (Å²) in [5.41, 5.74) is 6.91. The molecule has 2 rings (SSSR count). The number of halogens is 1. The van der Waals surface area contributed by atoms with E-state index in [0.29, 0.717) is 11.6 Å². The maximum Gasteiger partial charge on any atom is 0.250 e. The van der Waals surface area contributed by atoms with Crippen LogP contribution in [0, 0.1) is 0 Å². The van der Waals surface area contributed by atoms with Gasteiger partial charge in [-0.2, -0.15) is 0 Å². The predicted octanol–water partition coefficient (Wildman–Crippen LogP) is 2.13. The number of likely N-dealkylation sites (N-methyl/N-ethyl adjacent to an activating group) is 1. The van der Waals surface area contributed by atoms with E-state index in [0.717, 1.165) is 23.2 Å². The minimum Gasteiger partial charge on any atom is -0.372 e. The van der Waals surface area contributed by atoms with Gasteiger partial charge in [0.25, 0.3) is 5.91 Å². The van der Waals surface area contributed by atoms with E-state index in [1.54, 1.807) is 6.07 Å². The molecule has 0 radical (unpaired) electrons. The summed E-state index contributed by atoms with van der Waals surface area (Å²) in [5, 5.41) is 3.51. The van der Waals surface area contributed by atoms with E-state index >= 15 is 0 Å². The smallest absolute Gasteiger partial charge is 0.250 e. The number of carbonyl (C=O) groups excluding carboxylic acids is 1. The molecule has 5 heteroatoms. The first kappa shape index (κ1) is 14.3. The summed E-state index contributed by atoms with van der Waals surface area (Å²) in [6.07, 6.45) is 3.71. The normalized spacial score (nSPS) is 19.2. The van der Waals surface area contributed by atoms with Crippen LogP contribution in [0.5, 0.6) is 0 Å². The van der Waals surface area contributed by atoms with E-state index in [9.17, 15) is 4.79 Å². The topological polar surface area (TPSA) is 58.4 Å². The van der Waals surface area contributed by atoms with Crippen molar-refractivity contribution in [3.63, 3.8) is 0 Å². The number of nitrogens with two attached hydrogens (primary N) is 1. The SMILES string of the molecule is CN(CC1CCCCN1)c1ccc(Br)cc1C(N)=O. The number of benzene rings is 1. The van der Waals surface area contributed by atoms with Crippen molar-refractivity contribution in [1.82, 2.24) is 5.32 Å². The molecule has 1 aliphatic heterocycles. The molecule has 1 aromatic carbocycles. The van der Waals surface area contributed by atoms with Crippen molar-refractivity contribution in [2.24, 2.45) is 5.73 Å². The van der Waals surface area contributed by atoms with E-state index in [-0.39, 0.29) is 5.91 Å². The summed E-state index contributed by atoms with van der Waals surface area (Å²) in [6, 6.07) is 6.14. The average Bonchev–Trinajstić information content (AvgIpc) is 2.39. The first-order valence-corrected chi connectivity index (χ1v) is 7.41. The highest BCUT2D eigenvalue weighted by Gasteiger charge is 2.18. The van der Waals surface area contributed by atoms with Crippen molar-refractivity contribution < 1.29 is 4.79 Å². The predicted molar refractivity (Wildman–Crippen MR) is 81.6 cm³/mol. The average molecular weight is 326 g/mol.